The summed E-state index contributed by atoms with van der Waals surface area (Å²) in [5, 5.41) is 97.3. The van der Waals surface area contributed by atoms with Gasteiger partial charge in [-0.3, -0.25) is 0 Å². The first-order valence-corrected chi connectivity index (χ1v) is 23.5. The van der Waals surface area contributed by atoms with Gasteiger partial charge in [-0.2, -0.15) is 0 Å². The Kier molecular flexibility index (Phi) is 12.5. The molecule has 8 rings (SSSR count). The van der Waals surface area contributed by atoms with E-state index in [1.807, 2.05) is 0 Å². The van der Waals surface area contributed by atoms with Crippen molar-refractivity contribution in [2.75, 3.05) is 6.61 Å². The summed E-state index contributed by atoms with van der Waals surface area (Å²) in [6, 6.07) is 0. The van der Waals surface area contributed by atoms with E-state index in [2.05, 4.69) is 61.5 Å². The Hall–Kier alpha value is -1.35. The topological polar surface area (TPSA) is 255 Å². The molecule has 0 radical (unpaired) electrons. The van der Waals surface area contributed by atoms with Crippen molar-refractivity contribution in [2.45, 2.75) is 218 Å². The van der Waals surface area contributed by atoms with Crippen molar-refractivity contribution in [3.05, 3.63) is 11.6 Å². The van der Waals surface area contributed by atoms with Crippen LogP contribution in [-0.2, 0) is 33.2 Å². The molecule has 16 heteroatoms. The number of aliphatic hydroxyl groups is 8. The van der Waals surface area contributed by atoms with Gasteiger partial charge in [0.1, 0.15) is 54.9 Å². The van der Waals surface area contributed by atoms with E-state index in [1.54, 1.807) is 5.57 Å². The van der Waals surface area contributed by atoms with Crippen molar-refractivity contribution in [3.63, 3.8) is 0 Å². The lowest BCUT2D eigenvalue weighted by Gasteiger charge is -2.71. The molecule has 360 valence electrons. The number of ether oxygens (including phenoxy) is 6. The van der Waals surface area contributed by atoms with Gasteiger partial charge in [-0.25, -0.2) is 4.79 Å². The maximum atomic E-state index is 12.4. The highest BCUT2D eigenvalue weighted by Gasteiger charge is 2.69. The summed E-state index contributed by atoms with van der Waals surface area (Å²) < 4.78 is 36.2. The lowest BCUT2D eigenvalue weighted by molar-refractivity contribution is -0.386. The molecule has 0 spiro atoms. The van der Waals surface area contributed by atoms with Crippen molar-refractivity contribution in [2.24, 2.45) is 50.2 Å². The Morgan fingerprint density at radius 1 is 0.667 bits per heavy atom. The first-order valence-electron chi connectivity index (χ1n) is 23.5. The highest BCUT2D eigenvalue weighted by Crippen LogP contribution is 2.76. The van der Waals surface area contributed by atoms with Gasteiger partial charge in [-0.1, -0.05) is 67.0 Å². The maximum Gasteiger partial charge on any atom is 0.335 e. The molecular formula is C47H76O16. The van der Waals surface area contributed by atoms with Crippen LogP contribution in [0.15, 0.2) is 11.6 Å². The zero-order chi connectivity index (χ0) is 46.1. The van der Waals surface area contributed by atoms with E-state index in [0.717, 1.165) is 51.4 Å². The number of aliphatic carboxylic acids is 1. The van der Waals surface area contributed by atoms with E-state index in [1.165, 1.54) is 6.92 Å². The Morgan fingerprint density at radius 3 is 2.02 bits per heavy atom. The van der Waals surface area contributed by atoms with Crippen LogP contribution in [0.3, 0.4) is 0 Å². The fourth-order valence-corrected chi connectivity index (χ4v) is 14.8. The van der Waals surface area contributed by atoms with Crippen molar-refractivity contribution in [1.29, 1.82) is 0 Å². The van der Waals surface area contributed by atoms with Crippen molar-refractivity contribution >= 4 is 5.97 Å². The van der Waals surface area contributed by atoms with Gasteiger partial charge in [0, 0.05) is 5.41 Å². The smallest absolute Gasteiger partial charge is 0.335 e. The van der Waals surface area contributed by atoms with Crippen LogP contribution in [0.5, 0.6) is 0 Å². The Labute approximate surface area is 371 Å². The summed E-state index contributed by atoms with van der Waals surface area (Å²) in [6.07, 6.45) is -12.8. The first kappa shape index (κ1) is 48.1. The zero-order valence-corrected chi connectivity index (χ0v) is 38.5. The number of carbonyl (C=O) groups is 1. The van der Waals surface area contributed by atoms with Crippen molar-refractivity contribution < 1.29 is 79.2 Å². The molecule has 0 aromatic rings. The second-order valence-corrected chi connectivity index (χ2v) is 23.3. The highest BCUT2D eigenvalue weighted by molar-refractivity contribution is 5.73. The molecule has 3 aliphatic heterocycles. The first-order chi connectivity index (χ1) is 29.2. The molecule has 3 heterocycles. The number of aliphatic hydroxyl groups excluding tert-OH is 8. The van der Waals surface area contributed by atoms with Gasteiger partial charge < -0.3 is 74.4 Å². The number of carboxylic acids is 1. The molecular weight excluding hydrogens is 821 g/mol. The van der Waals surface area contributed by atoms with Crippen molar-refractivity contribution in [1.82, 2.24) is 0 Å². The third kappa shape index (κ3) is 7.51. The summed E-state index contributed by atoms with van der Waals surface area (Å²) in [7, 11) is 0. The van der Waals surface area contributed by atoms with Gasteiger partial charge in [0.15, 0.2) is 25.0 Å². The molecule has 3 saturated heterocycles. The fourth-order valence-electron chi connectivity index (χ4n) is 14.8. The van der Waals surface area contributed by atoms with E-state index in [9.17, 15) is 50.8 Å². The summed E-state index contributed by atoms with van der Waals surface area (Å²) in [4.78, 5) is 12.4. The fraction of sp³-hybridized carbons (Fsp3) is 0.936. The maximum absolute atomic E-state index is 12.4. The zero-order valence-electron chi connectivity index (χ0n) is 38.5. The number of fused-ring (bicyclic) bond motifs is 7. The lowest BCUT2D eigenvalue weighted by Crippen LogP contribution is -2.67. The molecule has 0 aromatic carbocycles. The molecule has 0 bridgehead atoms. The van der Waals surface area contributed by atoms with E-state index in [-0.39, 0.29) is 39.1 Å². The molecule has 8 aliphatic rings. The lowest BCUT2D eigenvalue weighted by atomic mass is 9.33. The third-order valence-electron chi connectivity index (χ3n) is 19.0. The van der Waals surface area contributed by atoms with Crippen LogP contribution in [0, 0.1) is 50.2 Å². The van der Waals surface area contributed by atoms with Crippen LogP contribution in [0.25, 0.3) is 0 Å². The quantitative estimate of drug-likeness (QED) is 0.131. The third-order valence-corrected chi connectivity index (χ3v) is 19.0. The minimum atomic E-state index is -1.96. The molecule has 9 N–H and O–H groups in total. The minimum absolute atomic E-state index is 0.0189. The summed E-state index contributed by atoms with van der Waals surface area (Å²) in [5.41, 5.74) is 0.910. The molecule has 23 atom stereocenters. The number of carboxylic acid groups (broad SMARTS) is 1. The summed E-state index contributed by atoms with van der Waals surface area (Å²) in [6.45, 7) is 19.7. The molecule has 0 aromatic heterocycles. The van der Waals surface area contributed by atoms with Gasteiger partial charge >= 0.3 is 5.97 Å². The van der Waals surface area contributed by atoms with E-state index in [0.29, 0.717) is 18.3 Å². The average molecular weight is 897 g/mol. The molecule has 0 amide bonds. The summed E-state index contributed by atoms with van der Waals surface area (Å²) >= 11 is 0. The average Bonchev–Trinajstić information content (AvgIpc) is 3.20. The Balaban J connectivity index is 1.04. The largest absolute Gasteiger partial charge is 0.479 e. The van der Waals surface area contributed by atoms with Gasteiger partial charge in [0.05, 0.1) is 24.9 Å². The Bertz CT molecular complexity index is 1740. The molecule has 16 nitrogen and oxygen atoms in total. The van der Waals surface area contributed by atoms with E-state index < -0.39 is 110 Å². The minimum Gasteiger partial charge on any atom is -0.479 e. The number of hydrogen-bond donors (Lipinski definition) is 9. The van der Waals surface area contributed by atoms with Gasteiger partial charge in [-0.05, 0) is 110 Å². The number of allylic oxidation sites excluding steroid dienone is 2. The molecule has 18 unspecified atom stereocenters. The molecule has 63 heavy (non-hydrogen) atoms. The normalized spacial score (nSPS) is 55.3. The van der Waals surface area contributed by atoms with E-state index >= 15 is 0 Å². The van der Waals surface area contributed by atoms with Crippen LogP contribution < -0.4 is 0 Å². The standard InChI is InChI=1S/C47H76O16/c1-21-29(50)31(52)34(55)39(59-21)62-36-30(51)24(48)20-58-40(36)63-37-33(54)32(53)35(38(56)57)61-41(37)60-28-13-14-45(7)25(43(28,4)5)12-15-47(9)26(45)11-10-22-23-18-42(2,3)19-27(49)44(23,6)16-17-46(22,47)8/h10,21,23-37,39-41,48-55H,11-20H2,1-9H3,(H,56,57)/t21?,23?,24?,25?,26?,27?,28-,29?,30?,31?,32?,33?,34?,35?,36?,37?,39?,40?,41?,44+,45-,46+,47+/m1/s1. The molecule has 7 fully saturated rings. The van der Waals surface area contributed by atoms with Crippen LogP contribution in [0.1, 0.15) is 120 Å². The second-order valence-electron chi connectivity index (χ2n) is 23.3. The monoisotopic (exact) mass is 897 g/mol. The number of hydrogen-bond acceptors (Lipinski definition) is 15. The van der Waals surface area contributed by atoms with Gasteiger partial charge in [0.2, 0.25) is 0 Å². The predicted molar refractivity (Wildman–Crippen MR) is 223 cm³/mol. The molecule has 4 saturated carbocycles. The van der Waals surface area contributed by atoms with Crippen LogP contribution in [0.2, 0.25) is 0 Å². The van der Waals surface area contributed by atoms with Gasteiger partial charge in [-0.15, -0.1) is 0 Å². The second kappa shape index (κ2) is 16.4. The van der Waals surface area contributed by atoms with Crippen LogP contribution in [-0.4, -0.2) is 157 Å². The SMILES string of the molecule is CC1OC(OC2C(OC3C(O[C@@H]4CC[C@]5(C)C(CC[C@@]6(C)C5CC=C5C7CC(C)(C)CC(O)[C@@]7(C)CC[C@@]56C)C4(C)C)OC(C(=O)O)C(O)C3O)OCC(O)C2O)C(O)C(O)C1O. The van der Waals surface area contributed by atoms with Gasteiger partial charge in [0.25, 0.3) is 0 Å². The van der Waals surface area contributed by atoms with Crippen LogP contribution >= 0.6 is 0 Å². The highest BCUT2D eigenvalue weighted by atomic mass is 16.8. The predicted octanol–water partition coefficient (Wildman–Crippen LogP) is 2.37. The van der Waals surface area contributed by atoms with E-state index in [4.69, 9.17) is 28.4 Å². The number of rotatable bonds is 7. The Morgan fingerprint density at radius 2 is 1.33 bits per heavy atom. The summed E-state index contributed by atoms with van der Waals surface area (Å²) in [5.74, 6) is -0.622. The molecule has 5 aliphatic carbocycles. The van der Waals surface area contributed by atoms with Crippen molar-refractivity contribution in [3.8, 4) is 0 Å². The van der Waals surface area contributed by atoms with Crippen LogP contribution in [0.4, 0.5) is 0 Å².